The summed E-state index contributed by atoms with van der Waals surface area (Å²) in [5, 5.41) is 2.87. The second kappa shape index (κ2) is 7.62. The van der Waals surface area contributed by atoms with Gasteiger partial charge in [-0.2, -0.15) is 0 Å². The molecule has 1 saturated carbocycles. The molecule has 0 unspecified atom stereocenters. The summed E-state index contributed by atoms with van der Waals surface area (Å²) < 4.78 is 28.0. The van der Waals surface area contributed by atoms with Crippen molar-refractivity contribution in [1.82, 2.24) is 20.0 Å². The SMILES string of the molecule is O=C(NCCN1CCCCC1)[C@@H]1CC(F)(F)CN1C1CN(C(=O)C2CC2)C1. The maximum atomic E-state index is 14.0. The molecule has 4 fully saturated rings. The van der Waals surface area contributed by atoms with Crippen LogP contribution in [0.15, 0.2) is 0 Å². The van der Waals surface area contributed by atoms with E-state index in [2.05, 4.69) is 10.2 Å². The first-order valence-corrected chi connectivity index (χ1v) is 10.4. The van der Waals surface area contributed by atoms with Crippen LogP contribution < -0.4 is 5.32 Å². The number of rotatable bonds is 6. The predicted octanol–water partition coefficient (Wildman–Crippen LogP) is 0.919. The summed E-state index contributed by atoms with van der Waals surface area (Å²) in [4.78, 5) is 30.3. The van der Waals surface area contributed by atoms with Gasteiger partial charge in [0.05, 0.1) is 12.6 Å². The molecule has 152 valence electrons. The minimum Gasteiger partial charge on any atom is -0.353 e. The Balaban J connectivity index is 1.27. The van der Waals surface area contributed by atoms with E-state index in [-0.39, 0.29) is 30.3 Å². The van der Waals surface area contributed by atoms with Gasteiger partial charge >= 0.3 is 0 Å². The number of hydrogen-bond acceptors (Lipinski definition) is 4. The molecule has 1 N–H and O–H groups in total. The van der Waals surface area contributed by atoms with Crippen molar-refractivity contribution in [2.45, 2.75) is 56.5 Å². The van der Waals surface area contributed by atoms with Crippen LogP contribution in [0.5, 0.6) is 0 Å². The largest absolute Gasteiger partial charge is 0.353 e. The molecule has 4 rings (SSSR count). The summed E-state index contributed by atoms with van der Waals surface area (Å²) in [5.41, 5.74) is 0. The monoisotopic (exact) mass is 384 g/mol. The van der Waals surface area contributed by atoms with Crippen molar-refractivity contribution in [1.29, 1.82) is 0 Å². The highest BCUT2D eigenvalue weighted by atomic mass is 19.3. The maximum Gasteiger partial charge on any atom is 0.262 e. The first kappa shape index (κ1) is 19.1. The fraction of sp³-hybridized carbons (Fsp3) is 0.895. The van der Waals surface area contributed by atoms with Crippen LogP contribution in [0.3, 0.4) is 0 Å². The van der Waals surface area contributed by atoms with E-state index in [1.54, 1.807) is 9.80 Å². The average Bonchev–Trinajstić information content (AvgIpc) is 3.39. The molecular weight excluding hydrogens is 354 g/mol. The molecule has 0 aromatic heterocycles. The van der Waals surface area contributed by atoms with Gasteiger partial charge in [-0.15, -0.1) is 0 Å². The van der Waals surface area contributed by atoms with Crippen LogP contribution in [0.4, 0.5) is 8.78 Å². The lowest BCUT2D eigenvalue weighted by Gasteiger charge is -2.45. The van der Waals surface area contributed by atoms with E-state index in [4.69, 9.17) is 0 Å². The maximum absolute atomic E-state index is 14.0. The molecule has 0 aromatic rings. The van der Waals surface area contributed by atoms with Crippen molar-refractivity contribution in [3.8, 4) is 0 Å². The Kier molecular flexibility index (Phi) is 5.38. The van der Waals surface area contributed by atoms with Crippen molar-refractivity contribution >= 4 is 11.8 Å². The Hall–Kier alpha value is -1.28. The minimum atomic E-state index is -2.84. The van der Waals surface area contributed by atoms with Gasteiger partial charge < -0.3 is 15.1 Å². The van der Waals surface area contributed by atoms with Crippen molar-refractivity contribution in [3.05, 3.63) is 0 Å². The first-order chi connectivity index (χ1) is 12.9. The lowest BCUT2D eigenvalue weighted by Crippen LogP contribution is -2.64. The summed E-state index contributed by atoms with van der Waals surface area (Å²) in [6, 6.07) is -0.913. The topological polar surface area (TPSA) is 55.9 Å². The molecule has 0 radical (unpaired) electrons. The molecule has 1 atom stereocenters. The first-order valence-electron chi connectivity index (χ1n) is 10.4. The molecular formula is C19H30F2N4O2. The molecule has 6 nitrogen and oxygen atoms in total. The Morgan fingerprint density at radius 3 is 2.44 bits per heavy atom. The van der Waals surface area contributed by atoms with Crippen LogP contribution >= 0.6 is 0 Å². The normalized spacial score (nSPS) is 29.6. The molecule has 1 aliphatic carbocycles. The van der Waals surface area contributed by atoms with Crippen LogP contribution in [0.25, 0.3) is 0 Å². The van der Waals surface area contributed by atoms with Crippen molar-refractivity contribution < 1.29 is 18.4 Å². The van der Waals surface area contributed by atoms with Crippen LogP contribution in [0.2, 0.25) is 0 Å². The molecule has 2 amide bonds. The highest BCUT2D eigenvalue weighted by Gasteiger charge is 2.53. The zero-order valence-corrected chi connectivity index (χ0v) is 15.8. The zero-order chi connectivity index (χ0) is 19.0. The fourth-order valence-corrected chi connectivity index (χ4v) is 4.54. The Labute approximate surface area is 159 Å². The van der Waals surface area contributed by atoms with Crippen LogP contribution in [0.1, 0.15) is 38.5 Å². The quantitative estimate of drug-likeness (QED) is 0.740. The number of halogens is 2. The van der Waals surface area contributed by atoms with Gasteiger partial charge in [-0.05, 0) is 38.8 Å². The lowest BCUT2D eigenvalue weighted by atomic mass is 10.0. The van der Waals surface area contributed by atoms with Gasteiger partial charge in [-0.25, -0.2) is 8.78 Å². The van der Waals surface area contributed by atoms with Gasteiger partial charge in [0.1, 0.15) is 0 Å². The number of nitrogens with one attached hydrogen (secondary N) is 1. The van der Waals surface area contributed by atoms with Gasteiger partial charge in [-0.3, -0.25) is 14.5 Å². The Morgan fingerprint density at radius 2 is 1.78 bits per heavy atom. The zero-order valence-electron chi connectivity index (χ0n) is 15.8. The van der Waals surface area contributed by atoms with Crippen LogP contribution in [-0.2, 0) is 9.59 Å². The predicted molar refractivity (Wildman–Crippen MR) is 96.5 cm³/mol. The second-order valence-corrected chi connectivity index (χ2v) is 8.61. The van der Waals surface area contributed by atoms with Crippen LogP contribution in [-0.4, -0.2) is 90.3 Å². The molecule has 4 aliphatic rings. The summed E-state index contributed by atoms with van der Waals surface area (Å²) in [6.45, 7) is 3.96. The lowest BCUT2D eigenvalue weighted by molar-refractivity contribution is -0.141. The summed E-state index contributed by atoms with van der Waals surface area (Å²) in [5.74, 6) is -2.83. The molecule has 8 heteroatoms. The smallest absolute Gasteiger partial charge is 0.262 e. The minimum absolute atomic E-state index is 0.126. The molecule has 3 heterocycles. The number of piperidine rings is 1. The standard InChI is InChI=1S/C19H30F2N4O2/c20-19(21)10-16(17(26)22-6-9-23-7-2-1-3-8-23)25(13-19)15-11-24(12-15)18(27)14-4-5-14/h14-16H,1-13H2,(H,22,26)/t16-/m0/s1. The Morgan fingerprint density at radius 1 is 1.07 bits per heavy atom. The number of carbonyl (C=O) groups is 2. The average molecular weight is 384 g/mol. The molecule has 27 heavy (non-hydrogen) atoms. The van der Waals surface area contributed by atoms with E-state index < -0.39 is 18.4 Å². The van der Waals surface area contributed by atoms with Gasteiger partial charge in [0.25, 0.3) is 5.92 Å². The van der Waals surface area contributed by atoms with E-state index in [0.717, 1.165) is 32.5 Å². The van der Waals surface area contributed by atoms with Gasteiger partial charge in [-0.1, -0.05) is 6.42 Å². The summed E-state index contributed by atoms with van der Waals surface area (Å²) in [6.07, 6.45) is 5.11. The van der Waals surface area contributed by atoms with Crippen molar-refractivity contribution in [3.63, 3.8) is 0 Å². The molecule has 3 saturated heterocycles. The van der Waals surface area contributed by atoms with Crippen LogP contribution in [0, 0.1) is 5.92 Å². The highest BCUT2D eigenvalue weighted by molar-refractivity contribution is 5.83. The van der Waals surface area contributed by atoms with E-state index >= 15 is 0 Å². The van der Waals surface area contributed by atoms with E-state index in [9.17, 15) is 18.4 Å². The number of nitrogens with zero attached hydrogens (tertiary/aromatic N) is 3. The van der Waals surface area contributed by atoms with Crippen molar-refractivity contribution in [2.24, 2.45) is 5.92 Å². The van der Waals surface area contributed by atoms with E-state index in [1.807, 2.05) is 0 Å². The number of alkyl halides is 2. The number of amides is 2. The number of carbonyl (C=O) groups excluding carboxylic acids is 2. The summed E-state index contributed by atoms with van der Waals surface area (Å²) in [7, 11) is 0. The highest BCUT2D eigenvalue weighted by Crippen LogP contribution is 2.37. The molecule has 3 aliphatic heterocycles. The van der Waals surface area contributed by atoms with Gasteiger partial charge in [0.15, 0.2) is 0 Å². The van der Waals surface area contributed by atoms with Crippen molar-refractivity contribution in [2.75, 3.05) is 45.8 Å². The molecule has 0 aromatic carbocycles. The van der Waals surface area contributed by atoms with Gasteiger partial charge in [0, 0.05) is 44.6 Å². The fourth-order valence-electron chi connectivity index (χ4n) is 4.54. The van der Waals surface area contributed by atoms with E-state index in [1.165, 1.54) is 19.3 Å². The third-order valence-corrected chi connectivity index (χ3v) is 6.35. The molecule has 0 bridgehead atoms. The summed E-state index contributed by atoms with van der Waals surface area (Å²) >= 11 is 0. The Bertz CT molecular complexity index is 572. The third kappa shape index (κ3) is 4.42. The van der Waals surface area contributed by atoms with E-state index in [0.29, 0.717) is 19.6 Å². The molecule has 0 spiro atoms. The van der Waals surface area contributed by atoms with Gasteiger partial charge in [0.2, 0.25) is 11.8 Å². The number of likely N-dealkylation sites (tertiary alicyclic amines) is 3. The number of hydrogen-bond donors (Lipinski definition) is 1. The third-order valence-electron chi connectivity index (χ3n) is 6.35. The second-order valence-electron chi connectivity index (χ2n) is 8.61.